The number of carbonyl (C=O) groups excluding carboxylic acids is 1. The summed E-state index contributed by atoms with van der Waals surface area (Å²) >= 11 is 0. The highest BCUT2D eigenvalue weighted by atomic mass is 32.2. The molecule has 0 aliphatic carbocycles. The van der Waals surface area contributed by atoms with Crippen LogP contribution in [0.1, 0.15) is 61.8 Å². The molecule has 1 aromatic carbocycles. The molecule has 0 bridgehead atoms. The van der Waals surface area contributed by atoms with Crippen molar-refractivity contribution in [1.29, 1.82) is 0 Å². The van der Waals surface area contributed by atoms with Gasteiger partial charge in [0.2, 0.25) is 0 Å². The van der Waals surface area contributed by atoms with Crippen LogP contribution in [0.15, 0.2) is 45.2 Å². The van der Waals surface area contributed by atoms with E-state index in [1.807, 2.05) is 13.8 Å². The van der Waals surface area contributed by atoms with Crippen molar-refractivity contribution >= 4 is 31.6 Å². The molecule has 48 heavy (non-hydrogen) atoms. The summed E-state index contributed by atoms with van der Waals surface area (Å²) in [5.74, 6) is -0.508. The van der Waals surface area contributed by atoms with E-state index >= 15 is 0 Å². The second kappa shape index (κ2) is 15.4. The number of aliphatic hydroxyl groups is 1. The largest absolute Gasteiger partial charge is 0.490 e. The van der Waals surface area contributed by atoms with Gasteiger partial charge in [0.1, 0.15) is 11.4 Å². The van der Waals surface area contributed by atoms with Gasteiger partial charge < -0.3 is 28.6 Å². The van der Waals surface area contributed by atoms with E-state index < -0.39 is 44.0 Å². The van der Waals surface area contributed by atoms with Gasteiger partial charge in [-0.25, -0.2) is 21.8 Å². The zero-order valence-corrected chi connectivity index (χ0v) is 30.0. The Morgan fingerprint density at radius 2 is 1.90 bits per heavy atom. The zero-order valence-electron chi connectivity index (χ0n) is 28.4. The summed E-state index contributed by atoms with van der Waals surface area (Å²) < 4.78 is 76.0. The Kier molecular flexibility index (Phi) is 11.9. The molecule has 266 valence electrons. The van der Waals surface area contributed by atoms with Crippen LogP contribution in [0, 0.1) is 19.8 Å². The van der Waals surface area contributed by atoms with Gasteiger partial charge in [-0.1, -0.05) is 12.1 Å². The maximum Gasteiger partial charge on any atom is 0.267 e. The third-order valence-corrected chi connectivity index (χ3v) is 11.7. The van der Waals surface area contributed by atoms with Gasteiger partial charge in [-0.2, -0.15) is 4.31 Å². The lowest BCUT2D eigenvalue weighted by molar-refractivity contribution is -0.00835. The molecule has 3 aromatic rings. The van der Waals surface area contributed by atoms with Crippen LogP contribution in [0.4, 0.5) is 5.69 Å². The Hall–Kier alpha value is -3.51. The molecule has 1 aliphatic rings. The second-order valence-corrected chi connectivity index (χ2v) is 16.0. The van der Waals surface area contributed by atoms with Gasteiger partial charge in [-0.3, -0.25) is 9.52 Å². The maximum absolute atomic E-state index is 14.4. The minimum Gasteiger partial charge on any atom is -0.490 e. The van der Waals surface area contributed by atoms with Crippen LogP contribution in [0.5, 0.6) is 5.75 Å². The highest BCUT2D eigenvalue weighted by molar-refractivity contribution is 7.92. The third-order valence-electron chi connectivity index (χ3n) is 8.33. The van der Waals surface area contributed by atoms with E-state index in [1.54, 1.807) is 24.6 Å². The van der Waals surface area contributed by atoms with E-state index in [9.17, 15) is 26.7 Å². The van der Waals surface area contributed by atoms with Crippen molar-refractivity contribution in [2.45, 2.75) is 82.1 Å². The van der Waals surface area contributed by atoms with Crippen molar-refractivity contribution in [3.63, 3.8) is 0 Å². The number of aliphatic hydroxyl groups excluding tert-OH is 1. The van der Waals surface area contributed by atoms with Crippen molar-refractivity contribution in [2.24, 2.45) is 13.0 Å². The number of ether oxygens (including phenoxy) is 2. The molecule has 2 N–H and O–H groups in total. The van der Waals surface area contributed by atoms with Crippen molar-refractivity contribution in [3.8, 4) is 5.75 Å². The number of anilines is 1. The number of rotatable bonds is 9. The average Bonchev–Trinajstić information content (AvgIpc) is 3.63. The highest BCUT2D eigenvalue weighted by Gasteiger charge is 2.33. The Labute approximate surface area is 282 Å². The molecular formula is C31H46N6O9S2. The molecule has 0 saturated heterocycles. The predicted molar refractivity (Wildman–Crippen MR) is 177 cm³/mol. The molecule has 0 spiro atoms. The molecule has 2 aromatic heterocycles. The van der Waals surface area contributed by atoms with Gasteiger partial charge >= 0.3 is 0 Å². The van der Waals surface area contributed by atoms with Crippen LogP contribution < -0.4 is 9.46 Å². The Morgan fingerprint density at radius 3 is 2.52 bits per heavy atom. The zero-order chi connectivity index (χ0) is 35.4. The second-order valence-electron chi connectivity index (χ2n) is 12.4. The first kappa shape index (κ1) is 37.3. The van der Waals surface area contributed by atoms with Gasteiger partial charge in [-0.15, -0.1) is 0 Å². The van der Waals surface area contributed by atoms with Crippen molar-refractivity contribution in [1.82, 2.24) is 23.9 Å². The van der Waals surface area contributed by atoms with E-state index in [0.29, 0.717) is 19.4 Å². The first-order valence-electron chi connectivity index (χ1n) is 15.8. The summed E-state index contributed by atoms with van der Waals surface area (Å²) in [4.78, 5) is 19.8. The number of carbonyl (C=O) groups is 1. The standard InChI is InChI=1S/C31H46N6O9S2/c1-20-15-37(21(2)18-38)31(39)26-14-25(34-47(40,41)30-23(4)33-46-24(30)5)11-12-27(26)45-22(3)10-8-9-13-44-28(20)16-36(7)48(42,43)29-17-35(6)19-32-29/h11-12,14,17,19-22,28,34,38H,8-10,13,15-16,18H2,1-7H3/t20-,21+,22+,28-/m1/s1. The van der Waals surface area contributed by atoms with Gasteiger partial charge in [0.15, 0.2) is 15.7 Å². The number of nitrogens with one attached hydrogen (secondary N) is 1. The van der Waals surface area contributed by atoms with E-state index in [0.717, 1.165) is 6.42 Å². The number of benzene rings is 1. The Balaban J connectivity index is 1.69. The monoisotopic (exact) mass is 710 g/mol. The van der Waals surface area contributed by atoms with Gasteiger partial charge in [0.05, 0.1) is 36.7 Å². The SMILES string of the molecule is Cc1noc(C)c1S(=O)(=O)Nc1ccc2c(c1)C(=O)N([C@@H](C)CO)C[C@@H](C)[C@@H](CN(C)S(=O)(=O)c1cn(C)cn1)OCCCC[C@H](C)O2. The number of fused-ring (bicyclic) bond motifs is 1. The molecule has 17 heteroatoms. The predicted octanol–water partition coefficient (Wildman–Crippen LogP) is 2.94. The molecule has 1 aliphatic heterocycles. The summed E-state index contributed by atoms with van der Waals surface area (Å²) in [6.45, 7) is 8.54. The third kappa shape index (κ3) is 8.55. The highest BCUT2D eigenvalue weighted by Crippen LogP contribution is 2.30. The maximum atomic E-state index is 14.4. The first-order valence-corrected chi connectivity index (χ1v) is 18.7. The number of amides is 1. The number of sulfonamides is 2. The van der Waals surface area contributed by atoms with Crippen LogP contribution in [0.25, 0.3) is 0 Å². The fraction of sp³-hybridized carbons (Fsp3) is 0.581. The summed E-state index contributed by atoms with van der Waals surface area (Å²) in [5, 5.41) is 13.9. The molecular weight excluding hydrogens is 665 g/mol. The van der Waals surface area contributed by atoms with Crippen molar-refractivity contribution < 1.29 is 40.7 Å². The van der Waals surface area contributed by atoms with Gasteiger partial charge in [-0.05, 0) is 65.2 Å². The van der Waals surface area contributed by atoms with E-state index in [2.05, 4.69) is 14.9 Å². The number of imidazole rings is 1. The van der Waals surface area contributed by atoms with Crippen LogP contribution in [-0.4, -0.2) is 103 Å². The quantitative estimate of drug-likeness (QED) is 0.333. The van der Waals surface area contributed by atoms with E-state index in [-0.39, 0.29) is 64.2 Å². The summed E-state index contributed by atoms with van der Waals surface area (Å²) in [5.41, 5.74) is 0.406. The lowest BCUT2D eigenvalue weighted by Crippen LogP contribution is -2.48. The fourth-order valence-electron chi connectivity index (χ4n) is 5.55. The summed E-state index contributed by atoms with van der Waals surface area (Å²) in [6, 6.07) is 3.82. The molecule has 3 heterocycles. The van der Waals surface area contributed by atoms with E-state index in [1.165, 1.54) is 54.8 Å². The summed E-state index contributed by atoms with van der Waals surface area (Å²) in [7, 11) is -4.89. The van der Waals surface area contributed by atoms with Gasteiger partial charge in [0, 0.05) is 51.6 Å². The minimum absolute atomic E-state index is 0.000653. The number of hydrogen-bond donors (Lipinski definition) is 2. The van der Waals surface area contributed by atoms with Gasteiger partial charge in [0.25, 0.3) is 26.0 Å². The first-order chi connectivity index (χ1) is 22.5. The number of aromatic nitrogens is 3. The number of aryl methyl sites for hydroxylation is 3. The smallest absolute Gasteiger partial charge is 0.267 e. The van der Waals surface area contributed by atoms with Crippen LogP contribution >= 0.6 is 0 Å². The van der Waals surface area contributed by atoms with Crippen LogP contribution in [-0.2, 0) is 31.8 Å². The van der Waals surface area contributed by atoms with Crippen LogP contribution in [0.2, 0.25) is 0 Å². The Morgan fingerprint density at radius 1 is 1.17 bits per heavy atom. The topological polar surface area (TPSA) is 186 Å². The van der Waals surface area contributed by atoms with Crippen molar-refractivity contribution in [2.75, 3.05) is 38.1 Å². The number of hydrogen-bond acceptors (Lipinski definition) is 11. The molecule has 0 fully saturated rings. The van der Waals surface area contributed by atoms with E-state index in [4.69, 9.17) is 14.0 Å². The van der Waals surface area contributed by atoms with Crippen LogP contribution in [0.3, 0.4) is 0 Å². The molecule has 0 unspecified atom stereocenters. The lowest BCUT2D eigenvalue weighted by Gasteiger charge is -2.35. The average molecular weight is 711 g/mol. The normalized spacial score (nSPS) is 21.0. The molecule has 0 radical (unpaired) electrons. The molecule has 4 atom stereocenters. The molecule has 1 amide bonds. The number of likely N-dealkylation sites (N-methyl/N-ethyl adjacent to an activating group) is 1. The number of nitrogens with zero attached hydrogens (tertiary/aromatic N) is 5. The fourth-order valence-corrected chi connectivity index (χ4v) is 8.07. The summed E-state index contributed by atoms with van der Waals surface area (Å²) in [6.07, 6.45) is 4.02. The lowest BCUT2D eigenvalue weighted by atomic mass is 10.0. The minimum atomic E-state index is -4.12. The Bertz CT molecular complexity index is 1770. The molecule has 0 saturated carbocycles. The molecule has 4 rings (SSSR count). The molecule has 15 nitrogen and oxygen atoms in total. The van der Waals surface area contributed by atoms with Crippen molar-refractivity contribution in [3.05, 3.63) is 47.7 Å².